The summed E-state index contributed by atoms with van der Waals surface area (Å²) in [5, 5.41) is 8.72. The summed E-state index contributed by atoms with van der Waals surface area (Å²) >= 11 is 0. The number of ether oxygens (including phenoxy) is 1. The molecule has 0 unspecified atom stereocenters. The summed E-state index contributed by atoms with van der Waals surface area (Å²) in [4.78, 5) is 12.2. The Morgan fingerprint density at radius 2 is 1.85 bits per heavy atom. The van der Waals surface area contributed by atoms with Crippen LogP contribution in [0.3, 0.4) is 0 Å². The van der Waals surface area contributed by atoms with Crippen LogP contribution < -0.4 is 4.74 Å². The quantitative estimate of drug-likeness (QED) is 0.510. The first-order valence-corrected chi connectivity index (χ1v) is 9.23. The van der Waals surface area contributed by atoms with Gasteiger partial charge in [-0.15, -0.1) is 0 Å². The first-order valence-electron chi connectivity index (χ1n) is 9.23. The highest BCUT2D eigenvalue weighted by molar-refractivity contribution is 5.91. The first-order chi connectivity index (χ1) is 13.0. The van der Waals surface area contributed by atoms with E-state index in [0.717, 1.165) is 43.2 Å². The molecule has 1 fully saturated rings. The molecule has 1 aliphatic carbocycles. The van der Waals surface area contributed by atoms with Crippen molar-refractivity contribution in [1.82, 2.24) is 0 Å². The van der Waals surface area contributed by atoms with Crippen LogP contribution in [0.5, 0.6) is 5.75 Å². The van der Waals surface area contributed by atoms with E-state index in [1.165, 1.54) is 30.7 Å². The van der Waals surface area contributed by atoms with Crippen LogP contribution in [-0.2, 0) is 0 Å². The SMILES string of the molecule is CC[C@H]1CC[C@H](c2ccc(C(=O)Oc3ccc(C#N)c(F)c3)c(F)c2)CC1. The summed E-state index contributed by atoms with van der Waals surface area (Å²) in [5.41, 5.74) is 0.567. The Morgan fingerprint density at radius 1 is 1.11 bits per heavy atom. The molecule has 1 saturated carbocycles. The van der Waals surface area contributed by atoms with Gasteiger partial charge in [0.05, 0.1) is 11.1 Å². The third-order valence-corrected chi connectivity index (χ3v) is 5.38. The van der Waals surface area contributed by atoms with Crippen LogP contribution in [0.4, 0.5) is 8.78 Å². The maximum Gasteiger partial charge on any atom is 0.346 e. The monoisotopic (exact) mass is 369 g/mol. The van der Waals surface area contributed by atoms with Crippen LogP contribution in [0.1, 0.15) is 66.4 Å². The van der Waals surface area contributed by atoms with Crippen molar-refractivity contribution in [2.24, 2.45) is 5.92 Å². The third-order valence-electron chi connectivity index (χ3n) is 5.38. The molecule has 27 heavy (non-hydrogen) atoms. The molecule has 0 aliphatic heterocycles. The first kappa shape index (κ1) is 19.0. The van der Waals surface area contributed by atoms with E-state index in [1.54, 1.807) is 12.1 Å². The lowest BCUT2D eigenvalue weighted by Gasteiger charge is -2.28. The van der Waals surface area contributed by atoms with Crippen molar-refractivity contribution >= 4 is 5.97 Å². The van der Waals surface area contributed by atoms with Crippen molar-refractivity contribution in [2.75, 3.05) is 0 Å². The molecule has 0 radical (unpaired) electrons. The minimum Gasteiger partial charge on any atom is -0.423 e. The minimum absolute atomic E-state index is 0.0714. The van der Waals surface area contributed by atoms with Crippen molar-refractivity contribution in [2.45, 2.75) is 44.9 Å². The van der Waals surface area contributed by atoms with Gasteiger partial charge in [-0.25, -0.2) is 13.6 Å². The Bertz CT molecular complexity index is 880. The Balaban J connectivity index is 1.71. The van der Waals surface area contributed by atoms with E-state index in [9.17, 15) is 13.6 Å². The fraction of sp³-hybridized carbons (Fsp3) is 0.364. The van der Waals surface area contributed by atoms with Crippen LogP contribution in [0.25, 0.3) is 0 Å². The molecule has 5 heteroatoms. The predicted molar refractivity (Wildman–Crippen MR) is 97.5 cm³/mol. The van der Waals surface area contributed by atoms with Gasteiger partial charge in [-0.3, -0.25) is 0 Å². The predicted octanol–water partition coefficient (Wildman–Crippen LogP) is 5.74. The Kier molecular flexibility index (Phi) is 5.85. The summed E-state index contributed by atoms with van der Waals surface area (Å²) in [7, 11) is 0. The number of benzene rings is 2. The van der Waals surface area contributed by atoms with E-state index in [4.69, 9.17) is 10.00 Å². The second-order valence-electron chi connectivity index (χ2n) is 7.01. The van der Waals surface area contributed by atoms with Crippen molar-refractivity contribution in [3.8, 4) is 11.8 Å². The Labute approximate surface area is 157 Å². The fourth-order valence-corrected chi connectivity index (χ4v) is 3.67. The number of nitriles is 1. The van der Waals surface area contributed by atoms with Gasteiger partial charge >= 0.3 is 5.97 Å². The van der Waals surface area contributed by atoms with Gasteiger partial charge < -0.3 is 4.74 Å². The smallest absolute Gasteiger partial charge is 0.346 e. The maximum absolute atomic E-state index is 14.5. The molecule has 140 valence electrons. The lowest BCUT2D eigenvalue weighted by atomic mass is 9.78. The van der Waals surface area contributed by atoms with Crippen LogP contribution >= 0.6 is 0 Å². The normalized spacial score (nSPS) is 19.3. The Hall–Kier alpha value is -2.74. The van der Waals surface area contributed by atoms with Crippen molar-refractivity contribution in [3.05, 3.63) is 64.7 Å². The number of carbonyl (C=O) groups is 1. The standard InChI is InChI=1S/C22H21F2NO2/c1-2-14-3-5-15(6-4-14)16-8-10-19(21(24)11-16)22(26)27-18-9-7-17(13-25)20(23)12-18/h7-12,14-15H,2-6H2,1H3/t14-,15-. The van der Waals surface area contributed by atoms with Gasteiger partial charge in [0.25, 0.3) is 0 Å². The zero-order valence-electron chi connectivity index (χ0n) is 15.2. The zero-order chi connectivity index (χ0) is 19.4. The molecule has 2 aromatic rings. The van der Waals surface area contributed by atoms with Gasteiger partial charge in [-0.2, -0.15) is 5.26 Å². The highest BCUT2D eigenvalue weighted by Gasteiger charge is 2.23. The second-order valence-corrected chi connectivity index (χ2v) is 7.01. The summed E-state index contributed by atoms with van der Waals surface area (Å²) < 4.78 is 33.1. The molecule has 2 aromatic carbocycles. The van der Waals surface area contributed by atoms with Gasteiger partial charge in [-0.1, -0.05) is 19.4 Å². The molecular formula is C22H21F2NO2. The minimum atomic E-state index is -0.891. The number of carbonyl (C=O) groups excluding carboxylic acids is 1. The molecule has 0 spiro atoms. The molecule has 3 rings (SSSR count). The second kappa shape index (κ2) is 8.30. The zero-order valence-corrected chi connectivity index (χ0v) is 15.2. The van der Waals surface area contributed by atoms with E-state index >= 15 is 0 Å². The van der Waals surface area contributed by atoms with Crippen molar-refractivity contribution < 1.29 is 18.3 Å². The summed E-state index contributed by atoms with van der Waals surface area (Å²) in [6, 6.07) is 9.75. The third kappa shape index (κ3) is 4.33. The number of halogens is 2. The van der Waals surface area contributed by atoms with E-state index < -0.39 is 17.6 Å². The van der Waals surface area contributed by atoms with Gasteiger partial charge in [0, 0.05) is 6.07 Å². The van der Waals surface area contributed by atoms with Gasteiger partial charge in [0.1, 0.15) is 23.5 Å². The largest absolute Gasteiger partial charge is 0.423 e. The van der Waals surface area contributed by atoms with Crippen molar-refractivity contribution in [3.63, 3.8) is 0 Å². The van der Waals surface area contributed by atoms with Gasteiger partial charge in [0.15, 0.2) is 0 Å². The number of esters is 1. The van der Waals surface area contributed by atoms with E-state index in [1.807, 2.05) is 0 Å². The molecule has 0 heterocycles. The van der Waals surface area contributed by atoms with E-state index in [-0.39, 0.29) is 16.9 Å². The molecule has 3 nitrogen and oxygen atoms in total. The molecule has 0 N–H and O–H groups in total. The molecule has 1 aliphatic rings. The van der Waals surface area contributed by atoms with E-state index in [2.05, 4.69) is 6.92 Å². The van der Waals surface area contributed by atoms with Crippen LogP contribution in [0.2, 0.25) is 0 Å². The van der Waals surface area contributed by atoms with Crippen LogP contribution in [0.15, 0.2) is 36.4 Å². The number of hydrogen-bond acceptors (Lipinski definition) is 3. The number of nitrogens with zero attached hydrogens (tertiary/aromatic N) is 1. The molecule has 0 aromatic heterocycles. The maximum atomic E-state index is 14.5. The summed E-state index contributed by atoms with van der Waals surface area (Å²) in [6.07, 6.45) is 5.55. The molecule has 0 bridgehead atoms. The van der Waals surface area contributed by atoms with Gasteiger partial charge in [-0.05, 0) is 67.3 Å². The van der Waals surface area contributed by atoms with Crippen LogP contribution in [0, 0.1) is 28.9 Å². The Morgan fingerprint density at radius 3 is 2.44 bits per heavy atom. The molecule has 0 amide bonds. The summed E-state index contributed by atoms with van der Waals surface area (Å²) in [6.45, 7) is 2.20. The van der Waals surface area contributed by atoms with Crippen molar-refractivity contribution in [1.29, 1.82) is 5.26 Å². The number of hydrogen-bond donors (Lipinski definition) is 0. The average molecular weight is 369 g/mol. The van der Waals surface area contributed by atoms with E-state index in [0.29, 0.717) is 5.92 Å². The lowest BCUT2D eigenvalue weighted by molar-refractivity contribution is 0.0729. The highest BCUT2D eigenvalue weighted by Crippen LogP contribution is 2.37. The molecule has 0 atom stereocenters. The van der Waals surface area contributed by atoms with Crippen LogP contribution in [-0.4, -0.2) is 5.97 Å². The topological polar surface area (TPSA) is 50.1 Å². The molecular weight excluding hydrogens is 348 g/mol. The number of rotatable bonds is 4. The fourth-order valence-electron chi connectivity index (χ4n) is 3.67. The lowest BCUT2D eigenvalue weighted by Crippen LogP contribution is -2.14. The molecule has 0 saturated heterocycles. The van der Waals surface area contributed by atoms with Gasteiger partial charge in [0.2, 0.25) is 0 Å². The average Bonchev–Trinajstić information content (AvgIpc) is 2.68. The highest BCUT2D eigenvalue weighted by atomic mass is 19.1. The summed E-state index contributed by atoms with van der Waals surface area (Å²) in [5.74, 6) is -1.31.